The Morgan fingerprint density at radius 3 is 2.69 bits per heavy atom. The first-order chi connectivity index (χ1) is 12.0. The molecule has 2 aromatic rings. The molecule has 2 heterocycles. The lowest BCUT2D eigenvalue weighted by Gasteiger charge is -2.06. The quantitative estimate of drug-likeness (QED) is 0.397. The van der Waals surface area contributed by atoms with E-state index in [9.17, 15) is 26.4 Å². The summed E-state index contributed by atoms with van der Waals surface area (Å²) >= 11 is 2.04. The van der Waals surface area contributed by atoms with Gasteiger partial charge in [0.05, 0.1) is 16.9 Å². The summed E-state index contributed by atoms with van der Waals surface area (Å²) in [5.74, 6) is -0.355. The summed E-state index contributed by atoms with van der Waals surface area (Å²) in [7, 11) is -3.27. The van der Waals surface area contributed by atoms with Crippen LogP contribution >= 0.6 is 23.1 Å². The minimum Gasteiger partial charge on any atom is -0.292 e. The number of hydrogen-bond donors (Lipinski definition) is 1. The molecule has 0 atom stereocenters. The lowest BCUT2D eigenvalue weighted by atomic mass is 10.3. The second-order valence-corrected chi connectivity index (χ2v) is 9.06. The number of aromatic nitrogens is 2. The third-order valence-corrected chi connectivity index (χ3v) is 5.70. The van der Waals surface area contributed by atoms with Crippen molar-refractivity contribution in [1.82, 2.24) is 14.7 Å². The fraction of sp³-hybridized carbons (Fsp3) is 0.357. The van der Waals surface area contributed by atoms with Crippen LogP contribution in [-0.4, -0.2) is 42.7 Å². The van der Waals surface area contributed by atoms with Gasteiger partial charge >= 0.3 is 6.18 Å². The highest BCUT2D eigenvalue weighted by Gasteiger charge is 2.32. The second-order valence-electron chi connectivity index (χ2n) is 5.12. The van der Waals surface area contributed by atoms with Crippen molar-refractivity contribution in [2.24, 2.45) is 0 Å². The summed E-state index contributed by atoms with van der Waals surface area (Å²) in [4.78, 5) is 20.5. The topological polar surface area (TPSA) is 89.0 Å². The van der Waals surface area contributed by atoms with Crippen LogP contribution < -0.4 is 4.72 Å². The zero-order valence-electron chi connectivity index (χ0n) is 13.4. The van der Waals surface area contributed by atoms with Crippen LogP contribution in [0.15, 0.2) is 29.6 Å². The molecule has 142 valence electrons. The van der Waals surface area contributed by atoms with Crippen LogP contribution in [0, 0.1) is 0 Å². The maximum Gasteiger partial charge on any atom is 0.433 e. The van der Waals surface area contributed by atoms with Crippen molar-refractivity contribution in [3.8, 4) is 0 Å². The fourth-order valence-electron chi connectivity index (χ4n) is 1.79. The standard InChI is InChI=1S/C14H14F3N3O3S3/c1-26(22,23)19-7-4-9-2-3-11(25-9)10(21)8-24-13-18-6-5-12(20-13)14(15,16)17/h2-3,5-6,19H,4,7-8H2,1H3. The highest BCUT2D eigenvalue weighted by molar-refractivity contribution is 7.99. The van der Waals surface area contributed by atoms with Crippen molar-refractivity contribution in [3.63, 3.8) is 0 Å². The summed E-state index contributed by atoms with van der Waals surface area (Å²) in [5, 5.41) is -0.123. The van der Waals surface area contributed by atoms with Crippen LogP contribution in [0.2, 0.25) is 0 Å². The number of halogens is 3. The number of ketones is 1. The Balaban J connectivity index is 1.91. The molecule has 0 spiro atoms. The number of Topliss-reactive ketones (excluding diaryl/α,β-unsaturated/α-hetero) is 1. The molecule has 0 saturated heterocycles. The van der Waals surface area contributed by atoms with Crippen LogP contribution in [0.5, 0.6) is 0 Å². The van der Waals surface area contributed by atoms with E-state index in [-0.39, 0.29) is 23.2 Å². The molecule has 0 saturated carbocycles. The maximum absolute atomic E-state index is 12.6. The fourth-order valence-corrected chi connectivity index (χ4v) is 4.01. The number of rotatable bonds is 8. The first kappa shape index (κ1) is 20.8. The predicted octanol–water partition coefficient (Wildman–Crippen LogP) is 2.62. The van der Waals surface area contributed by atoms with Gasteiger partial charge in [0.2, 0.25) is 10.0 Å². The molecule has 0 aromatic carbocycles. The van der Waals surface area contributed by atoms with Gasteiger partial charge in [-0.05, 0) is 24.6 Å². The van der Waals surface area contributed by atoms with E-state index in [1.54, 1.807) is 12.1 Å². The van der Waals surface area contributed by atoms with E-state index in [2.05, 4.69) is 14.7 Å². The Morgan fingerprint density at radius 2 is 2.04 bits per heavy atom. The minimum absolute atomic E-state index is 0.0944. The molecule has 0 aliphatic rings. The maximum atomic E-state index is 12.6. The average molecular weight is 425 g/mol. The molecule has 0 amide bonds. The first-order valence-electron chi connectivity index (χ1n) is 7.14. The Kier molecular flexibility index (Phi) is 6.77. The van der Waals surface area contributed by atoms with E-state index >= 15 is 0 Å². The van der Waals surface area contributed by atoms with Crippen LogP contribution in [0.3, 0.4) is 0 Å². The molecule has 0 radical (unpaired) electrons. The van der Waals surface area contributed by atoms with Gasteiger partial charge < -0.3 is 0 Å². The Hall–Kier alpha value is -1.50. The van der Waals surface area contributed by atoms with Crippen molar-refractivity contribution in [2.45, 2.75) is 17.8 Å². The van der Waals surface area contributed by atoms with Crippen LogP contribution in [0.4, 0.5) is 13.2 Å². The molecule has 0 fully saturated rings. The third kappa shape index (κ3) is 6.67. The van der Waals surface area contributed by atoms with Crippen LogP contribution in [-0.2, 0) is 22.6 Å². The van der Waals surface area contributed by atoms with Crippen molar-refractivity contribution < 1.29 is 26.4 Å². The molecule has 6 nitrogen and oxygen atoms in total. The summed E-state index contributed by atoms with van der Waals surface area (Å²) in [6.45, 7) is 0.222. The molecule has 0 aliphatic carbocycles. The number of nitrogens with one attached hydrogen (secondary N) is 1. The third-order valence-electron chi connectivity index (χ3n) is 2.93. The molecular weight excluding hydrogens is 411 g/mol. The van der Waals surface area contributed by atoms with E-state index < -0.39 is 21.9 Å². The van der Waals surface area contributed by atoms with Gasteiger partial charge in [-0.2, -0.15) is 13.2 Å². The molecule has 12 heteroatoms. The minimum atomic E-state index is -4.56. The largest absolute Gasteiger partial charge is 0.433 e. The molecule has 2 rings (SSSR count). The lowest BCUT2D eigenvalue weighted by molar-refractivity contribution is -0.141. The molecule has 1 N–H and O–H groups in total. The number of carbonyl (C=O) groups excluding carboxylic acids is 1. The predicted molar refractivity (Wildman–Crippen MR) is 93.0 cm³/mol. The second kappa shape index (κ2) is 8.46. The number of alkyl halides is 3. The highest BCUT2D eigenvalue weighted by atomic mass is 32.2. The molecule has 2 aromatic heterocycles. The number of hydrogen-bond acceptors (Lipinski definition) is 7. The zero-order chi connectivity index (χ0) is 19.4. The van der Waals surface area contributed by atoms with Crippen molar-refractivity contribution in [2.75, 3.05) is 18.6 Å². The van der Waals surface area contributed by atoms with Crippen LogP contribution in [0.25, 0.3) is 0 Å². The lowest BCUT2D eigenvalue weighted by Crippen LogP contribution is -2.23. The van der Waals surface area contributed by atoms with Crippen molar-refractivity contribution >= 4 is 38.9 Å². The van der Waals surface area contributed by atoms with E-state index in [0.717, 1.165) is 35.2 Å². The van der Waals surface area contributed by atoms with Gasteiger partial charge in [0, 0.05) is 17.6 Å². The van der Waals surface area contributed by atoms with E-state index in [1.165, 1.54) is 11.3 Å². The average Bonchev–Trinajstić information content (AvgIpc) is 3.00. The molecule has 0 bridgehead atoms. The highest BCUT2D eigenvalue weighted by Crippen LogP contribution is 2.28. The van der Waals surface area contributed by atoms with Gasteiger partial charge in [0.1, 0.15) is 5.69 Å². The number of nitrogens with zero attached hydrogens (tertiary/aromatic N) is 2. The Morgan fingerprint density at radius 1 is 1.31 bits per heavy atom. The van der Waals surface area contributed by atoms with Gasteiger partial charge in [-0.25, -0.2) is 23.1 Å². The Bertz CT molecular complexity index is 882. The number of carbonyl (C=O) groups is 1. The summed E-state index contributed by atoms with van der Waals surface area (Å²) in [6.07, 6.45) is -2.07. The molecule has 0 unspecified atom stereocenters. The smallest absolute Gasteiger partial charge is 0.292 e. The van der Waals surface area contributed by atoms with E-state index in [1.807, 2.05) is 0 Å². The van der Waals surface area contributed by atoms with Crippen molar-refractivity contribution in [3.05, 3.63) is 39.8 Å². The SMILES string of the molecule is CS(=O)(=O)NCCc1ccc(C(=O)CSc2nccc(C(F)(F)F)n2)s1. The van der Waals surface area contributed by atoms with Gasteiger partial charge in [-0.15, -0.1) is 11.3 Å². The van der Waals surface area contributed by atoms with Crippen molar-refractivity contribution in [1.29, 1.82) is 0 Å². The van der Waals surface area contributed by atoms with E-state index in [4.69, 9.17) is 0 Å². The molecule has 0 aliphatic heterocycles. The summed E-state index contributed by atoms with van der Waals surface area (Å²) < 4.78 is 62.1. The summed E-state index contributed by atoms with van der Waals surface area (Å²) in [5.41, 5.74) is -1.06. The molecular formula is C14H14F3N3O3S3. The first-order valence-corrected chi connectivity index (χ1v) is 10.8. The number of sulfonamides is 1. The monoisotopic (exact) mass is 425 g/mol. The number of thiophene rings is 1. The van der Waals surface area contributed by atoms with Gasteiger partial charge in [-0.3, -0.25) is 4.79 Å². The van der Waals surface area contributed by atoms with Gasteiger partial charge in [0.15, 0.2) is 10.9 Å². The Labute approximate surface area is 156 Å². The zero-order valence-corrected chi connectivity index (χ0v) is 15.9. The van der Waals surface area contributed by atoms with E-state index in [0.29, 0.717) is 11.3 Å². The van der Waals surface area contributed by atoms with Gasteiger partial charge in [-0.1, -0.05) is 11.8 Å². The number of thioether (sulfide) groups is 1. The molecule has 26 heavy (non-hydrogen) atoms. The van der Waals surface area contributed by atoms with Crippen LogP contribution in [0.1, 0.15) is 20.2 Å². The normalized spacial score (nSPS) is 12.3. The summed E-state index contributed by atoms with van der Waals surface area (Å²) in [6, 6.07) is 4.09. The van der Waals surface area contributed by atoms with Gasteiger partial charge in [0.25, 0.3) is 0 Å².